The van der Waals surface area contributed by atoms with E-state index in [1.165, 1.54) is 4.57 Å². The van der Waals surface area contributed by atoms with E-state index in [-0.39, 0.29) is 23.9 Å². The zero-order chi connectivity index (χ0) is 21.8. The summed E-state index contributed by atoms with van der Waals surface area (Å²) in [6.07, 6.45) is 5.09. The first-order valence-corrected chi connectivity index (χ1v) is 10.2. The number of rotatable bonds is 7. The maximum atomic E-state index is 13.7. The number of nitrogens with one attached hydrogen (secondary N) is 1. The van der Waals surface area contributed by atoms with E-state index in [1.54, 1.807) is 24.5 Å². The second-order valence-electron chi connectivity index (χ2n) is 7.90. The van der Waals surface area contributed by atoms with Crippen LogP contribution in [0.3, 0.4) is 0 Å². The Morgan fingerprint density at radius 3 is 2.43 bits per heavy atom. The van der Waals surface area contributed by atoms with Gasteiger partial charge in [-0.15, -0.1) is 0 Å². The summed E-state index contributed by atoms with van der Waals surface area (Å²) in [6, 6.07) is 9.31. The van der Waals surface area contributed by atoms with Crippen molar-refractivity contribution in [2.45, 2.75) is 53.0 Å². The van der Waals surface area contributed by atoms with Crippen LogP contribution in [-0.4, -0.2) is 20.3 Å². The van der Waals surface area contributed by atoms with Gasteiger partial charge in [0.15, 0.2) is 0 Å². The highest BCUT2D eigenvalue weighted by atomic mass is 16.2. The lowest BCUT2D eigenvalue weighted by molar-refractivity contribution is 0.102. The molecule has 0 aliphatic carbocycles. The Kier molecular flexibility index (Phi) is 6.45. The first kappa shape index (κ1) is 21.4. The Balaban J connectivity index is 2.25. The number of ketones is 1. The SMILES string of the molecule is CCCc1cc(C)cc(C(=O)c2c(C(C)C)c(=O)[nH]c(=O)n2Cc2ccncc2)c1. The van der Waals surface area contributed by atoms with Gasteiger partial charge in [-0.1, -0.05) is 38.8 Å². The Morgan fingerprint density at radius 2 is 1.80 bits per heavy atom. The third-order valence-electron chi connectivity index (χ3n) is 5.06. The molecule has 3 rings (SSSR count). The van der Waals surface area contributed by atoms with E-state index in [0.717, 1.165) is 29.5 Å². The van der Waals surface area contributed by atoms with Crippen molar-refractivity contribution in [2.75, 3.05) is 0 Å². The summed E-state index contributed by atoms with van der Waals surface area (Å²) < 4.78 is 1.37. The van der Waals surface area contributed by atoms with Crippen LogP contribution in [0.25, 0.3) is 0 Å². The van der Waals surface area contributed by atoms with E-state index in [2.05, 4.69) is 23.0 Å². The van der Waals surface area contributed by atoms with Gasteiger partial charge in [0.2, 0.25) is 5.78 Å². The number of aryl methyl sites for hydroxylation is 2. The van der Waals surface area contributed by atoms with Crippen LogP contribution >= 0.6 is 0 Å². The number of carbonyl (C=O) groups is 1. The largest absolute Gasteiger partial charge is 0.329 e. The lowest BCUT2D eigenvalue weighted by atomic mass is 9.94. The zero-order valence-electron chi connectivity index (χ0n) is 17.9. The molecule has 3 aromatic rings. The van der Waals surface area contributed by atoms with E-state index in [4.69, 9.17) is 0 Å². The van der Waals surface area contributed by atoms with Gasteiger partial charge in [-0.25, -0.2) is 4.79 Å². The van der Waals surface area contributed by atoms with Gasteiger partial charge in [0.05, 0.1) is 6.54 Å². The van der Waals surface area contributed by atoms with Crippen molar-refractivity contribution in [3.05, 3.63) is 97.1 Å². The second kappa shape index (κ2) is 9.03. The highest BCUT2D eigenvalue weighted by molar-refractivity contribution is 6.09. The summed E-state index contributed by atoms with van der Waals surface area (Å²) in [5.41, 5.74) is 2.74. The lowest BCUT2D eigenvalue weighted by Crippen LogP contribution is -2.38. The van der Waals surface area contributed by atoms with Gasteiger partial charge in [0.1, 0.15) is 5.69 Å². The number of aromatic nitrogens is 3. The smallest absolute Gasteiger partial charge is 0.287 e. The summed E-state index contributed by atoms with van der Waals surface area (Å²) in [5.74, 6) is -0.533. The minimum atomic E-state index is -0.592. The molecular formula is C24H27N3O3. The van der Waals surface area contributed by atoms with Crippen LogP contribution in [0.4, 0.5) is 0 Å². The number of benzene rings is 1. The van der Waals surface area contributed by atoms with Crippen LogP contribution in [0.5, 0.6) is 0 Å². The molecule has 0 saturated carbocycles. The summed E-state index contributed by atoms with van der Waals surface area (Å²) in [7, 11) is 0. The Hall–Kier alpha value is -3.28. The van der Waals surface area contributed by atoms with Gasteiger partial charge >= 0.3 is 5.69 Å². The molecule has 0 amide bonds. The van der Waals surface area contributed by atoms with Crippen LogP contribution in [0, 0.1) is 6.92 Å². The minimum absolute atomic E-state index is 0.156. The average molecular weight is 405 g/mol. The van der Waals surface area contributed by atoms with E-state index in [1.807, 2.05) is 32.9 Å². The molecule has 2 heterocycles. The molecule has 0 bridgehead atoms. The normalized spacial score (nSPS) is 11.1. The number of hydrogen-bond donors (Lipinski definition) is 1. The quantitative estimate of drug-likeness (QED) is 0.609. The molecule has 6 nitrogen and oxygen atoms in total. The minimum Gasteiger partial charge on any atom is -0.287 e. The second-order valence-corrected chi connectivity index (χ2v) is 7.90. The van der Waals surface area contributed by atoms with Gasteiger partial charge in [-0.05, 0) is 54.7 Å². The maximum Gasteiger partial charge on any atom is 0.329 e. The number of pyridine rings is 1. The van der Waals surface area contributed by atoms with Crippen molar-refractivity contribution in [1.29, 1.82) is 0 Å². The fourth-order valence-corrected chi connectivity index (χ4v) is 3.75. The van der Waals surface area contributed by atoms with Crippen molar-refractivity contribution in [3.63, 3.8) is 0 Å². The maximum absolute atomic E-state index is 13.7. The lowest BCUT2D eigenvalue weighted by Gasteiger charge is -2.18. The summed E-state index contributed by atoms with van der Waals surface area (Å²) in [5, 5.41) is 0. The molecule has 0 unspecified atom stereocenters. The Bertz CT molecular complexity index is 1170. The third kappa shape index (κ3) is 4.48. The zero-order valence-corrected chi connectivity index (χ0v) is 17.9. The summed E-state index contributed by atoms with van der Waals surface area (Å²) in [4.78, 5) is 45.5. The van der Waals surface area contributed by atoms with E-state index in [0.29, 0.717) is 11.1 Å². The van der Waals surface area contributed by atoms with Crippen molar-refractivity contribution in [2.24, 2.45) is 0 Å². The molecule has 0 atom stereocenters. The van der Waals surface area contributed by atoms with Crippen LogP contribution in [0.15, 0.2) is 52.3 Å². The van der Waals surface area contributed by atoms with E-state index < -0.39 is 11.2 Å². The average Bonchev–Trinajstić information content (AvgIpc) is 2.69. The monoisotopic (exact) mass is 405 g/mol. The van der Waals surface area contributed by atoms with Gasteiger partial charge in [-0.2, -0.15) is 0 Å². The molecule has 0 aliphatic rings. The topological polar surface area (TPSA) is 84.8 Å². The summed E-state index contributed by atoms with van der Waals surface area (Å²) in [6.45, 7) is 7.90. The first-order chi connectivity index (χ1) is 14.3. The molecule has 0 radical (unpaired) electrons. The molecular weight excluding hydrogens is 378 g/mol. The molecule has 0 fully saturated rings. The van der Waals surface area contributed by atoms with E-state index in [9.17, 15) is 14.4 Å². The standard InChI is InChI=1S/C24H27N3O3/c1-5-6-18-11-16(4)12-19(13-18)22(28)21-20(15(2)3)23(29)26-24(30)27(21)14-17-7-9-25-10-8-17/h7-13,15H,5-6,14H2,1-4H3,(H,26,29,30). The van der Waals surface area contributed by atoms with Crippen LogP contribution in [0.2, 0.25) is 0 Å². The molecule has 30 heavy (non-hydrogen) atoms. The summed E-state index contributed by atoms with van der Waals surface area (Å²) >= 11 is 0. The number of nitrogens with zero attached hydrogens (tertiary/aromatic N) is 2. The number of H-pyrrole nitrogens is 1. The van der Waals surface area contributed by atoms with E-state index >= 15 is 0 Å². The molecule has 1 aromatic carbocycles. The van der Waals surface area contributed by atoms with Gasteiger partial charge < -0.3 is 0 Å². The number of carbonyl (C=O) groups excluding carboxylic acids is 1. The third-order valence-corrected chi connectivity index (χ3v) is 5.06. The first-order valence-electron chi connectivity index (χ1n) is 10.2. The van der Waals surface area contributed by atoms with Crippen molar-refractivity contribution in [1.82, 2.24) is 14.5 Å². The predicted molar refractivity (Wildman–Crippen MR) is 117 cm³/mol. The van der Waals surface area contributed by atoms with Crippen LogP contribution in [0.1, 0.15) is 71.4 Å². The van der Waals surface area contributed by atoms with Gasteiger partial charge in [0, 0.05) is 23.5 Å². The molecule has 0 spiro atoms. The number of hydrogen-bond acceptors (Lipinski definition) is 4. The molecule has 0 saturated heterocycles. The highest BCUT2D eigenvalue weighted by Gasteiger charge is 2.25. The number of aromatic amines is 1. The Morgan fingerprint density at radius 1 is 1.10 bits per heavy atom. The van der Waals surface area contributed by atoms with Crippen molar-refractivity contribution >= 4 is 5.78 Å². The predicted octanol–water partition coefficient (Wildman–Crippen LogP) is 3.60. The molecule has 156 valence electrons. The fraction of sp³-hybridized carbons (Fsp3) is 0.333. The molecule has 1 N–H and O–H groups in total. The van der Waals surface area contributed by atoms with Gasteiger partial charge in [0.25, 0.3) is 5.56 Å². The van der Waals surface area contributed by atoms with Crippen molar-refractivity contribution < 1.29 is 4.79 Å². The molecule has 2 aromatic heterocycles. The van der Waals surface area contributed by atoms with Crippen molar-refractivity contribution in [3.8, 4) is 0 Å². The Labute approximate surface area is 175 Å². The highest BCUT2D eigenvalue weighted by Crippen LogP contribution is 2.21. The van der Waals surface area contributed by atoms with Gasteiger partial charge in [-0.3, -0.25) is 24.1 Å². The molecule has 6 heteroatoms. The molecule has 0 aliphatic heterocycles. The fourth-order valence-electron chi connectivity index (χ4n) is 3.75. The van der Waals surface area contributed by atoms with Crippen LogP contribution < -0.4 is 11.2 Å². The van der Waals surface area contributed by atoms with Crippen LogP contribution in [-0.2, 0) is 13.0 Å².